The molecule has 2 aromatic carbocycles. The number of amides is 1. The molecule has 1 N–H and O–H groups in total. The molecule has 1 atom stereocenters. The fourth-order valence-electron chi connectivity index (χ4n) is 3.14. The van der Waals surface area contributed by atoms with E-state index in [1.165, 1.54) is 12.1 Å². The van der Waals surface area contributed by atoms with Crippen LogP contribution in [0.4, 0.5) is 4.39 Å². The van der Waals surface area contributed by atoms with Gasteiger partial charge in [-0.1, -0.05) is 23.7 Å². The van der Waals surface area contributed by atoms with Gasteiger partial charge in [-0.25, -0.2) is 4.39 Å². The molecule has 0 spiro atoms. The topological polar surface area (TPSA) is 41.6 Å². The summed E-state index contributed by atoms with van der Waals surface area (Å²) >= 11 is 5.83. The van der Waals surface area contributed by atoms with Gasteiger partial charge in [-0.15, -0.1) is 0 Å². The Labute approximate surface area is 157 Å². The van der Waals surface area contributed by atoms with Crippen molar-refractivity contribution in [3.8, 4) is 5.75 Å². The van der Waals surface area contributed by atoms with Gasteiger partial charge in [-0.2, -0.15) is 0 Å². The number of likely N-dealkylation sites (tertiary alicyclic amines) is 1. The molecule has 1 aliphatic rings. The van der Waals surface area contributed by atoms with E-state index in [-0.39, 0.29) is 24.4 Å². The number of nitrogens with zero attached hydrogens (tertiary/aromatic N) is 1. The van der Waals surface area contributed by atoms with Crippen LogP contribution < -0.4 is 10.1 Å². The highest BCUT2D eigenvalue weighted by Gasteiger charge is 2.24. The van der Waals surface area contributed by atoms with E-state index in [1.54, 1.807) is 36.4 Å². The average molecular weight is 377 g/mol. The van der Waals surface area contributed by atoms with Crippen LogP contribution in [0.3, 0.4) is 0 Å². The molecule has 0 radical (unpaired) electrons. The van der Waals surface area contributed by atoms with Crippen LogP contribution in [0, 0.1) is 5.82 Å². The molecule has 1 aliphatic heterocycles. The summed E-state index contributed by atoms with van der Waals surface area (Å²) in [5.74, 6) is 0.153. The molecule has 138 valence electrons. The van der Waals surface area contributed by atoms with E-state index in [1.807, 2.05) is 0 Å². The molecular formula is C20H22ClFN2O2. The molecule has 0 saturated carbocycles. The van der Waals surface area contributed by atoms with Gasteiger partial charge in [0.05, 0.1) is 6.04 Å². The van der Waals surface area contributed by atoms with Crippen molar-refractivity contribution in [3.63, 3.8) is 0 Å². The van der Waals surface area contributed by atoms with E-state index >= 15 is 0 Å². The summed E-state index contributed by atoms with van der Waals surface area (Å²) in [6, 6.07) is 13.4. The number of carbonyl (C=O) groups excluding carboxylic acids is 1. The van der Waals surface area contributed by atoms with Gasteiger partial charge in [-0.05, 0) is 67.9 Å². The largest absolute Gasteiger partial charge is 0.484 e. The van der Waals surface area contributed by atoms with Gasteiger partial charge < -0.3 is 10.1 Å². The maximum atomic E-state index is 13.2. The second kappa shape index (κ2) is 9.01. The van der Waals surface area contributed by atoms with E-state index in [0.717, 1.165) is 31.5 Å². The van der Waals surface area contributed by atoms with Crippen molar-refractivity contribution < 1.29 is 13.9 Å². The lowest BCUT2D eigenvalue weighted by molar-refractivity contribution is -0.123. The molecule has 1 amide bonds. The highest BCUT2D eigenvalue weighted by molar-refractivity contribution is 6.30. The summed E-state index contributed by atoms with van der Waals surface area (Å²) in [6.45, 7) is 2.38. The van der Waals surface area contributed by atoms with Crippen LogP contribution in [-0.2, 0) is 4.79 Å². The molecule has 26 heavy (non-hydrogen) atoms. The number of hydrogen-bond donors (Lipinski definition) is 1. The maximum Gasteiger partial charge on any atom is 0.258 e. The van der Waals surface area contributed by atoms with E-state index in [2.05, 4.69) is 10.2 Å². The number of ether oxygens (including phenoxy) is 1. The Balaban J connectivity index is 1.55. The average Bonchev–Trinajstić information content (AvgIpc) is 3.17. The van der Waals surface area contributed by atoms with Gasteiger partial charge in [-0.3, -0.25) is 9.69 Å². The fraction of sp³-hybridized carbons (Fsp3) is 0.350. The first kappa shape index (κ1) is 18.7. The molecule has 1 unspecified atom stereocenters. The normalized spacial score (nSPS) is 15.6. The molecule has 0 bridgehead atoms. The third kappa shape index (κ3) is 5.19. The summed E-state index contributed by atoms with van der Waals surface area (Å²) in [6.07, 6.45) is 2.29. The van der Waals surface area contributed by atoms with Gasteiger partial charge in [0.15, 0.2) is 6.61 Å². The lowest BCUT2D eigenvalue weighted by Crippen LogP contribution is -2.38. The second-order valence-corrected chi connectivity index (χ2v) is 6.79. The van der Waals surface area contributed by atoms with Crippen LogP contribution >= 0.6 is 11.6 Å². The van der Waals surface area contributed by atoms with Gasteiger partial charge in [0, 0.05) is 11.6 Å². The summed E-state index contributed by atoms with van der Waals surface area (Å²) in [4.78, 5) is 14.5. The third-order valence-corrected chi connectivity index (χ3v) is 4.76. The SMILES string of the molecule is O=C(COc1ccc(Cl)cc1)NCC(c1ccc(F)cc1)N1CCCC1. The minimum Gasteiger partial charge on any atom is -0.484 e. The highest BCUT2D eigenvalue weighted by atomic mass is 35.5. The first-order valence-corrected chi connectivity index (χ1v) is 9.14. The van der Waals surface area contributed by atoms with E-state index in [0.29, 0.717) is 17.3 Å². The molecule has 0 aliphatic carbocycles. The number of rotatable bonds is 7. The number of halogens is 2. The van der Waals surface area contributed by atoms with E-state index in [9.17, 15) is 9.18 Å². The molecule has 0 aromatic heterocycles. The predicted molar refractivity (Wildman–Crippen MR) is 99.9 cm³/mol. The zero-order chi connectivity index (χ0) is 18.4. The Bertz CT molecular complexity index is 716. The first-order chi connectivity index (χ1) is 12.6. The second-order valence-electron chi connectivity index (χ2n) is 6.36. The van der Waals surface area contributed by atoms with Crippen molar-refractivity contribution in [2.75, 3.05) is 26.2 Å². The third-order valence-electron chi connectivity index (χ3n) is 4.51. The van der Waals surface area contributed by atoms with Crippen molar-refractivity contribution in [1.29, 1.82) is 0 Å². The van der Waals surface area contributed by atoms with Crippen molar-refractivity contribution in [1.82, 2.24) is 10.2 Å². The van der Waals surface area contributed by atoms with Crippen LogP contribution in [0.15, 0.2) is 48.5 Å². The summed E-state index contributed by atoms with van der Waals surface area (Å²) in [5.41, 5.74) is 1.01. The molecule has 1 heterocycles. The van der Waals surface area contributed by atoms with Crippen LogP contribution in [0.5, 0.6) is 5.75 Å². The Morgan fingerprint density at radius 1 is 1.12 bits per heavy atom. The van der Waals surface area contributed by atoms with Crippen LogP contribution in [0.25, 0.3) is 0 Å². The number of carbonyl (C=O) groups is 1. The Hall–Kier alpha value is -2.11. The highest BCUT2D eigenvalue weighted by Crippen LogP contribution is 2.24. The smallest absolute Gasteiger partial charge is 0.258 e. The van der Waals surface area contributed by atoms with Crippen molar-refractivity contribution in [2.45, 2.75) is 18.9 Å². The standard InChI is InChI=1S/C20H22ClFN2O2/c21-16-5-9-18(10-6-16)26-14-20(25)23-13-19(24-11-1-2-12-24)15-3-7-17(22)8-4-15/h3-10,19H,1-2,11-14H2,(H,23,25). The lowest BCUT2D eigenvalue weighted by Gasteiger charge is -2.28. The van der Waals surface area contributed by atoms with Gasteiger partial charge >= 0.3 is 0 Å². The minimum atomic E-state index is -0.255. The maximum absolute atomic E-state index is 13.2. The zero-order valence-electron chi connectivity index (χ0n) is 14.5. The van der Waals surface area contributed by atoms with Crippen molar-refractivity contribution in [2.24, 2.45) is 0 Å². The van der Waals surface area contributed by atoms with Gasteiger partial charge in [0.2, 0.25) is 0 Å². The molecule has 4 nitrogen and oxygen atoms in total. The Morgan fingerprint density at radius 3 is 2.42 bits per heavy atom. The number of hydrogen-bond acceptors (Lipinski definition) is 3. The van der Waals surface area contributed by atoms with Crippen molar-refractivity contribution >= 4 is 17.5 Å². The molecule has 1 fully saturated rings. The van der Waals surface area contributed by atoms with Crippen molar-refractivity contribution in [3.05, 3.63) is 64.9 Å². The molecule has 1 saturated heterocycles. The summed E-state index contributed by atoms with van der Waals surface area (Å²) in [7, 11) is 0. The van der Waals surface area contributed by atoms with Gasteiger partial charge in [0.25, 0.3) is 5.91 Å². The Morgan fingerprint density at radius 2 is 1.77 bits per heavy atom. The number of benzene rings is 2. The molecule has 3 rings (SSSR count). The molecule has 6 heteroatoms. The monoisotopic (exact) mass is 376 g/mol. The van der Waals surface area contributed by atoms with Crippen LogP contribution in [0.2, 0.25) is 5.02 Å². The summed E-state index contributed by atoms with van der Waals surface area (Å²) < 4.78 is 18.7. The quantitative estimate of drug-likeness (QED) is 0.798. The van der Waals surface area contributed by atoms with Crippen LogP contribution in [-0.4, -0.2) is 37.0 Å². The van der Waals surface area contributed by atoms with Crippen LogP contribution in [0.1, 0.15) is 24.4 Å². The fourth-order valence-corrected chi connectivity index (χ4v) is 3.26. The predicted octanol–water partition coefficient (Wildman–Crippen LogP) is 3.81. The van der Waals surface area contributed by atoms with E-state index in [4.69, 9.17) is 16.3 Å². The zero-order valence-corrected chi connectivity index (χ0v) is 15.2. The summed E-state index contributed by atoms with van der Waals surface area (Å²) in [5, 5.41) is 3.55. The first-order valence-electron chi connectivity index (χ1n) is 8.76. The van der Waals surface area contributed by atoms with E-state index < -0.39 is 0 Å². The number of nitrogens with one attached hydrogen (secondary N) is 1. The van der Waals surface area contributed by atoms with Gasteiger partial charge in [0.1, 0.15) is 11.6 Å². The molecule has 2 aromatic rings. The Kier molecular flexibility index (Phi) is 6.47. The minimum absolute atomic E-state index is 0.0394. The molecular weight excluding hydrogens is 355 g/mol. The lowest BCUT2D eigenvalue weighted by atomic mass is 10.1.